The van der Waals surface area contributed by atoms with E-state index in [1.807, 2.05) is 6.92 Å². The van der Waals surface area contributed by atoms with Crippen LogP contribution in [0.2, 0.25) is 0 Å². The molecule has 0 radical (unpaired) electrons. The second-order valence-corrected chi connectivity index (χ2v) is 6.10. The fourth-order valence-corrected chi connectivity index (χ4v) is 3.51. The first-order chi connectivity index (χ1) is 8.39. The Morgan fingerprint density at radius 3 is 2.44 bits per heavy atom. The van der Waals surface area contributed by atoms with Crippen molar-refractivity contribution in [1.29, 1.82) is 0 Å². The summed E-state index contributed by atoms with van der Waals surface area (Å²) in [6.45, 7) is 4.27. The van der Waals surface area contributed by atoms with Crippen molar-refractivity contribution in [2.75, 3.05) is 32.8 Å². The molecule has 0 saturated carbocycles. The van der Waals surface area contributed by atoms with Gasteiger partial charge in [0, 0.05) is 19.1 Å². The summed E-state index contributed by atoms with van der Waals surface area (Å²) in [6, 6.07) is -0.339. The monoisotopic (exact) mass is 280 g/mol. The van der Waals surface area contributed by atoms with Crippen molar-refractivity contribution >= 4 is 16.2 Å². The van der Waals surface area contributed by atoms with E-state index in [2.05, 4.69) is 0 Å². The number of carboxylic acid groups (broad SMARTS) is 1. The number of rotatable bonds is 6. The quantitative estimate of drug-likeness (QED) is 0.725. The van der Waals surface area contributed by atoms with Gasteiger partial charge in [0.1, 0.15) is 6.54 Å². The molecule has 1 N–H and O–H groups in total. The zero-order chi connectivity index (χ0) is 13.8. The highest BCUT2D eigenvalue weighted by Gasteiger charge is 2.34. The van der Waals surface area contributed by atoms with E-state index in [1.165, 1.54) is 4.31 Å². The van der Waals surface area contributed by atoms with Gasteiger partial charge < -0.3 is 9.84 Å². The summed E-state index contributed by atoms with van der Waals surface area (Å²) in [5.74, 6) is -1.15. The molecule has 8 heteroatoms. The molecule has 1 saturated heterocycles. The Balaban J connectivity index is 2.90. The number of ether oxygens (including phenoxy) is 1. The second kappa shape index (κ2) is 6.46. The molecule has 1 rings (SSSR count). The van der Waals surface area contributed by atoms with Gasteiger partial charge in [-0.1, -0.05) is 6.92 Å². The average Bonchev–Trinajstić information content (AvgIpc) is 2.35. The first-order valence-electron chi connectivity index (χ1n) is 5.96. The Bertz CT molecular complexity index is 378. The summed E-state index contributed by atoms with van der Waals surface area (Å²) in [6.07, 6.45) is 0.566. The predicted octanol–water partition coefficient (Wildman–Crippen LogP) is -0.251. The van der Waals surface area contributed by atoms with Gasteiger partial charge >= 0.3 is 5.97 Å². The molecular weight excluding hydrogens is 260 g/mol. The highest BCUT2D eigenvalue weighted by Crippen LogP contribution is 2.15. The standard InChI is InChI=1S/C10H20N2O5S/c1-3-9(2)12(8-10(13)14)18(15,16)11-4-6-17-7-5-11/h9H,3-8H2,1-2H3,(H,13,14). The van der Waals surface area contributed by atoms with Crippen LogP contribution >= 0.6 is 0 Å². The van der Waals surface area contributed by atoms with E-state index in [0.29, 0.717) is 19.6 Å². The van der Waals surface area contributed by atoms with Gasteiger partial charge in [-0.2, -0.15) is 17.0 Å². The van der Waals surface area contributed by atoms with Gasteiger partial charge in [0.15, 0.2) is 0 Å². The lowest BCUT2D eigenvalue weighted by molar-refractivity contribution is -0.137. The Kier molecular flexibility index (Phi) is 5.51. The fraction of sp³-hybridized carbons (Fsp3) is 0.900. The lowest BCUT2D eigenvalue weighted by atomic mass is 10.2. The number of carboxylic acids is 1. The summed E-state index contributed by atoms with van der Waals surface area (Å²) in [7, 11) is -3.72. The number of nitrogens with zero attached hydrogens (tertiary/aromatic N) is 2. The highest BCUT2D eigenvalue weighted by atomic mass is 32.2. The lowest BCUT2D eigenvalue weighted by Crippen LogP contribution is -2.52. The van der Waals surface area contributed by atoms with E-state index in [-0.39, 0.29) is 19.1 Å². The maximum Gasteiger partial charge on any atom is 0.318 e. The van der Waals surface area contributed by atoms with Crippen molar-refractivity contribution in [3.05, 3.63) is 0 Å². The molecule has 7 nitrogen and oxygen atoms in total. The minimum absolute atomic E-state index is 0.273. The van der Waals surface area contributed by atoms with Gasteiger partial charge in [0.05, 0.1) is 13.2 Å². The predicted molar refractivity (Wildman–Crippen MR) is 65.4 cm³/mol. The number of aliphatic carboxylic acids is 1. The average molecular weight is 280 g/mol. The van der Waals surface area contributed by atoms with Gasteiger partial charge in [-0.3, -0.25) is 4.79 Å². The van der Waals surface area contributed by atoms with Crippen LogP contribution in [0.1, 0.15) is 20.3 Å². The number of hydrogen-bond donors (Lipinski definition) is 1. The smallest absolute Gasteiger partial charge is 0.318 e. The van der Waals surface area contributed by atoms with Gasteiger partial charge in [0.2, 0.25) is 0 Å². The molecule has 1 aliphatic heterocycles. The molecule has 0 bridgehead atoms. The molecule has 0 aromatic rings. The summed E-state index contributed by atoms with van der Waals surface area (Å²) in [5, 5.41) is 8.84. The molecule has 18 heavy (non-hydrogen) atoms. The number of morpholine rings is 1. The maximum atomic E-state index is 12.4. The van der Waals surface area contributed by atoms with Crippen LogP contribution in [0.15, 0.2) is 0 Å². The third-order valence-electron chi connectivity index (χ3n) is 2.97. The molecule has 0 amide bonds. The molecule has 106 valence electrons. The second-order valence-electron chi connectivity index (χ2n) is 4.22. The summed E-state index contributed by atoms with van der Waals surface area (Å²) < 4.78 is 32.1. The molecular formula is C10H20N2O5S. The topological polar surface area (TPSA) is 87.2 Å². The normalized spacial score (nSPS) is 19.9. The Morgan fingerprint density at radius 1 is 1.44 bits per heavy atom. The number of hydrogen-bond acceptors (Lipinski definition) is 4. The van der Waals surface area contributed by atoms with Crippen molar-refractivity contribution < 1.29 is 23.1 Å². The van der Waals surface area contributed by atoms with Crippen LogP contribution < -0.4 is 0 Å². The van der Waals surface area contributed by atoms with Gasteiger partial charge in [-0.25, -0.2) is 0 Å². The van der Waals surface area contributed by atoms with Crippen LogP contribution in [0, 0.1) is 0 Å². The highest BCUT2D eigenvalue weighted by molar-refractivity contribution is 7.86. The van der Waals surface area contributed by atoms with Crippen LogP contribution in [0.4, 0.5) is 0 Å². The maximum absolute atomic E-state index is 12.4. The minimum Gasteiger partial charge on any atom is -0.480 e. The van der Waals surface area contributed by atoms with Crippen LogP contribution in [0.25, 0.3) is 0 Å². The van der Waals surface area contributed by atoms with E-state index in [4.69, 9.17) is 9.84 Å². The summed E-state index contributed by atoms with van der Waals surface area (Å²) in [4.78, 5) is 10.8. The first-order valence-corrected chi connectivity index (χ1v) is 7.35. The molecule has 1 atom stereocenters. The van der Waals surface area contributed by atoms with Crippen LogP contribution in [-0.2, 0) is 19.7 Å². The molecule has 0 aliphatic carbocycles. The molecule has 1 aliphatic rings. The third kappa shape index (κ3) is 3.64. The zero-order valence-electron chi connectivity index (χ0n) is 10.7. The zero-order valence-corrected chi connectivity index (χ0v) is 11.5. The van der Waals surface area contributed by atoms with Crippen molar-refractivity contribution in [2.45, 2.75) is 26.3 Å². The molecule has 1 unspecified atom stereocenters. The lowest BCUT2D eigenvalue weighted by Gasteiger charge is -2.34. The molecule has 0 spiro atoms. The Hall–Kier alpha value is -0.700. The van der Waals surface area contributed by atoms with Crippen LogP contribution in [0.5, 0.6) is 0 Å². The molecule has 0 aromatic heterocycles. The van der Waals surface area contributed by atoms with E-state index in [9.17, 15) is 13.2 Å². The van der Waals surface area contributed by atoms with Gasteiger partial charge in [-0.15, -0.1) is 0 Å². The molecule has 1 fully saturated rings. The van der Waals surface area contributed by atoms with E-state index in [1.54, 1.807) is 6.92 Å². The van der Waals surface area contributed by atoms with Crippen LogP contribution in [-0.4, -0.2) is 67.0 Å². The van der Waals surface area contributed by atoms with E-state index >= 15 is 0 Å². The molecule has 1 heterocycles. The van der Waals surface area contributed by atoms with E-state index in [0.717, 1.165) is 4.31 Å². The van der Waals surface area contributed by atoms with Crippen molar-refractivity contribution in [3.63, 3.8) is 0 Å². The third-order valence-corrected chi connectivity index (χ3v) is 5.07. The molecule has 0 aromatic carbocycles. The first kappa shape index (κ1) is 15.4. The van der Waals surface area contributed by atoms with E-state index < -0.39 is 22.7 Å². The summed E-state index contributed by atoms with van der Waals surface area (Å²) >= 11 is 0. The van der Waals surface area contributed by atoms with Gasteiger partial charge in [0.25, 0.3) is 10.2 Å². The van der Waals surface area contributed by atoms with Gasteiger partial charge in [-0.05, 0) is 13.3 Å². The SMILES string of the molecule is CCC(C)N(CC(=O)O)S(=O)(=O)N1CCOCC1. The summed E-state index contributed by atoms with van der Waals surface area (Å²) in [5.41, 5.74) is 0. The minimum atomic E-state index is -3.72. The van der Waals surface area contributed by atoms with Crippen molar-refractivity contribution in [1.82, 2.24) is 8.61 Å². The Labute approximate surface area is 108 Å². The number of carbonyl (C=O) groups is 1. The van der Waals surface area contributed by atoms with Crippen molar-refractivity contribution in [3.8, 4) is 0 Å². The largest absolute Gasteiger partial charge is 0.480 e. The van der Waals surface area contributed by atoms with Crippen LogP contribution in [0.3, 0.4) is 0 Å². The fourth-order valence-electron chi connectivity index (χ4n) is 1.73. The Morgan fingerprint density at radius 2 is 2.00 bits per heavy atom. The van der Waals surface area contributed by atoms with Crippen molar-refractivity contribution in [2.24, 2.45) is 0 Å².